The first-order valence-electron chi connectivity index (χ1n) is 5.78. The first-order valence-corrected chi connectivity index (χ1v) is 6.16. The lowest BCUT2D eigenvalue weighted by molar-refractivity contribution is -0.0493. The van der Waals surface area contributed by atoms with Gasteiger partial charge >= 0.3 is 6.61 Å². The summed E-state index contributed by atoms with van der Waals surface area (Å²) in [4.78, 5) is 0. The highest BCUT2D eigenvalue weighted by Crippen LogP contribution is 2.26. The lowest BCUT2D eigenvalue weighted by Crippen LogP contribution is -2.07. The average Bonchev–Trinajstić information content (AvgIpc) is 2.41. The lowest BCUT2D eigenvalue weighted by Gasteiger charge is -2.13. The number of benzene rings is 2. The van der Waals surface area contributed by atoms with E-state index in [9.17, 15) is 13.2 Å². The number of rotatable bonds is 5. The monoisotopic (exact) mass is 301 g/mol. The molecule has 0 amide bonds. The van der Waals surface area contributed by atoms with Crippen molar-refractivity contribution in [3.63, 3.8) is 0 Å². The SMILES string of the molecule is Fc1c(Cl)cccc1CNc1ccccc1OC(F)F. The Kier molecular flexibility index (Phi) is 4.74. The zero-order valence-electron chi connectivity index (χ0n) is 10.2. The maximum Gasteiger partial charge on any atom is 0.387 e. The topological polar surface area (TPSA) is 21.3 Å². The highest BCUT2D eigenvalue weighted by atomic mass is 35.5. The fourth-order valence-corrected chi connectivity index (χ4v) is 1.88. The van der Waals surface area contributed by atoms with Crippen LogP contribution in [0.3, 0.4) is 0 Å². The Morgan fingerprint density at radius 3 is 2.60 bits per heavy atom. The van der Waals surface area contributed by atoms with Gasteiger partial charge in [-0.05, 0) is 18.2 Å². The fourth-order valence-electron chi connectivity index (χ4n) is 1.69. The van der Waals surface area contributed by atoms with E-state index in [1.54, 1.807) is 30.3 Å². The molecular weight excluding hydrogens is 291 g/mol. The molecular formula is C14H11ClF3NO. The minimum atomic E-state index is -2.92. The first-order chi connectivity index (χ1) is 9.58. The molecule has 0 aromatic heterocycles. The minimum Gasteiger partial charge on any atom is -0.433 e. The van der Waals surface area contributed by atoms with Gasteiger partial charge in [-0.25, -0.2) is 4.39 Å². The molecule has 0 aliphatic carbocycles. The van der Waals surface area contributed by atoms with Gasteiger partial charge in [0.05, 0.1) is 10.7 Å². The molecule has 20 heavy (non-hydrogen) atoms. The first kappa shape index (κ1) is 14.5. The lowest BCUT2D eigenvalue weighted by atomic mass is 10.2. The number of ether oxygens (including phenoxy) is 1. The Bertz CT molecular complexity index is 592. The Morgan fingerprint density at radius 1 is 1.10 bits per heavy atom. The fraction of sp³-hybridized carbons (Fsp3) is 0.143. The highest BCUT2D eigenvalue weighted by Gasteiger charge is 2.10. The second kappa shape index (κ2) is 6.52. The maximum atomic E-state index is 13.7. The van der Waals surface area contributed by atoms with Crippen LogP contribution in [-0.2, 0) is 6.54 Å². The Hall–Kier alpha value is -1.88. The van der Waals surface area contributed by atoms with E-state index < -0.39 is 12.4 Å². The van der Waals surface area contributed by atoms with Crippen molar-refractivity contribution >= 4 is 17.3 Å². The molecule has 0 fully saturated rings. The molecule has 0 saturated heterocycles. The van der Waals surface area contributed by atoms with Crippen LogP contribution in [0.15, 0.2) is 42.5 Å². The third-order valence-electron chi connectivity index (χ3n) is 2.60. The van der Waals surface area contributed by atoms with Crippen molar-refractivity contribution < 1.29 is 17.9 Å². The van der Waals surface area contributed by atoms with Gasteiger partial charge in [-0.1, -0.05) is 35.9 Å². The van der Waals surface area contributed by atoms with Gasteiger partial charge in [-0.2, -0.15) is 8.78 Å². The Balaban J connectivity index is 2.13. The normalized spacial score (nSPS) is 10.7. The molecule has 2 aromatic carbocycles. The quantitative estimate of drug-likeness (QED) is 0.865. The van der Waals surface area contributed by atoms with Crippen molar-refractivity contribution in [2.45, 2.75) is 13.2 Å². The maximum absolute atomic E-state index is 13.7. The van der Waals surface area contributed by atoms with E-state index in [2.05, 4.69) is 10.1 Å². The smallest absolute Gasteiger partial charge is 0.387 e. The number of nitrogens with one attached hydrogen (secondary N) is 1. The average molecular weight is 302 g/mol. The van der Waals surface area contributed by atoms with E-state index in [4.69, 9.17) is 11.6 Å². The zero-order chi connectivity index (χ0) is 14.5. The van der Waals surface area contributed by atoms with Gasteiger partial charge in [0, 0.05) is 12.1 Å². The van der Waals surface area contributed by atoms with Crippen molar-refractivity contribution in [3.05, 3.63) is 58.9 Å². The molecule has 1 N–H and O–H groups in total. The van der Waals surface area contributed by atoms with Gasteiger partial charge in [0.25, 0.3) is 0 Å². The van der Waals surface area contributed by atoms with Gasteiger partial charge in [0.15, 0.2) is 0 Å². The third-order valence-corrected chi connectivity index (χ3v) is 2.90. The predicted octanol–water partition coefficient (Wildman–Crippen LogP) is 4.69. The molecule has 0 saturated carbocycles. The van der Waals surface area contributed by atoms with Crippen LogP contribution in [0.1, 0.15) is 5.56 Å². The van der Waals surface area contributed by atoms with Gasteiger partial charge in [0.1, 0.15) is 11.6 Å². The Morgan fingerprint density at radius 2 is 1.85 bits per heavy atom. The molecule has 0 aliphatic rings. The molecule has 106 valence electrons. The second-order valence-electron chi connectivity index (χ2n) is 3.94. The summed E-state index contributed by atoms with van der Waals surface area (Å²) in [7, 11) is 0. The van der Waals surface area contributed by atoms with Crippen LogP contribution in [0.5, 0.6) is 5.75 Å². The highest BCUT2D eigenvalue weighted by molar-refractivity contribution is 6.30. The van der Waals surface area contributed by atoms with Crippen molar-refractivity contribution in [2.24, 2.45) is 0 Å². The van der Waals surface area contributed by atoms with Crippen LogP contribution in [0.25, 0.3) is 0 Å². The molecule has 0 aliphatic heterocycles. The number of alkyl halides is 2. The summed E-state index contributed by atoms with van der Waals surface area (Å²) in [5.41, 5.74) is 0.691. The van der Waals surface area contributed by atoms with Crippen LogP contribution in [0.4, 0.5) is 18.9 Å². The number of hydrogen-bond acceptors (Lipinski definition) is 2. The van der Waals surface area contributed by atoms with Crippen molar-refractivity contribution in [1.82, 2.24) is 0 Å². The Labute approximate surface area is 119 Å². The third kappa shape index (κ3) is 3.57. The summed E-state index contributed by atoms with van der Waals surface area (Å²) in [6, 6.07) is 10.8. The van der Waals surface area contributed by atoms with Gasteiger partial charge in [-0.3, -0.25) is 0 Å². The minimum absolute atomic E-state index is 0.00457. The number of para-hydroxylation sites is 2. The predicted molar refractivity (Wildman–Crippen MR) is 71.8 cm³/mol. The van der Waals surface area contributed by atoms with Gasteiger partial charge < -0.3 is 10.1 Å². The van der Waals surface area contributed by atoms with Crippen molar-refractivity contribution in [3.8, 4) is 5.75 Å². The van der Waals surface area contributed by atoms with Crippen LogP contribution in [0, 0.1) is 5.82 Å². The van der Waals surface area contributed by atoms with Crippen LogP contribution in [-0.4, -0.2) is 6.61 Å². The van der Waals surface area contributed by atoms with E-state index in [-0.39, 0.29) is 17.3 Å². The molecule has 0 bridgehead atoms. The second-order valence-corrected chi connectivity index (χ2v) is 4.35. The molecule has 2 aromatic rings. The summed E-state index contributed by atoms with van der Waals surface area (Å²) in [6.07, 6.45) is 0. The van der Waals surface area contributed by atoms with Gasteiger partial charge in [0.2, 0.25) is 0 Å². The molecule has 0 atom stereocenters. The standard InChI is InChI=1S/C14H11ClF3NO/c15-10-5-3-4-9(13(10)16)8-19-11-6-1-2-7-12(11)20-14(17)18/h1-7,14,19H,8H2. The van der Waals surface area contributed by atoms with Crippen molar-refractivity contribution in [2.75, 3.05) is 5.32 Å². The summed E-state index contributed by atoms with van der Waals surface area (Å²) < 4.78 is 42.6. The molecule has 0 heterocycles. The summed E-state index contributed by atoms with van der Waals surface area (Å²) in [5, 5.41) is 2.86. The number of anilines is 1. The van der Waals surface area contributed by atoms with Crippen LogP contribution < -0.4 is 10.1 Å². The number of halogens is 4. The van der Waals surface area contributed by atoms with Crippen LogP contribution in [0.2, 0.25) is 5.02 Å². The largest absolute Gasteiger partial charge is 0.433 e. The van der Waals surface area contributed by atoms with E-state index >= 15 is 0 Å². The molecule has 2 nitrogen and oxygen atoms in total. The molecule has 0 radical (unpaired) electrons. The van der Waals surface area contributed by atoms with E-state index in [1.165, 1.54) is 12.1 Å². The molecule has 0 spiro atoms. The van der Waals surface area contributed by atoms with Crippen LogP contribution >= 0.6 is 11.6 Å². The summed E-state index contributed by atoms with van der Waals surface area (Å²) >= 11 is 5.67. The summed E-state index contributed by atoms with van der Waals surface area (Å²) in [5.74, 6) is -0.529. The van der Waals surface area contributed by atoms with E-state index in [0.717, 1.165) is 0 Å². The van der Waals surface area contributed by atoms with Gasteiger partial charge in [-0.15, -0.1) is 0 Å². The number of hydrogen-bond donors (Lipinski definition) is 1. The molecule has 2 rings (SSSR count). The van der Waals surface area contributed by atoms with E-state index in [0.29, 0.717) is 11.3 Å². The molecule has 0 unspecified atom stereocenters. The van der Waals surface area contributed by atoms with E-state index in [1.807, 2.05) is 0 Å². The molecule has 6 heteroatoms. The summed E-state index contributed by atoms with van der Waals surface area (Å²) in [6.45, 7) is -2.81. The zero-order valence-corrected chi connectivity index (χ0v) is 11.0. The van der Waals surface area contributed by atoms with Crippen molar-refractivity contribution in [1.29, 1.82) is 0 Å².